The van der Waals surface area contributed by atoms with E-state index in [0.717, 1.165) is 27.3 Å². The number of carbonyl (C=O) groups excluding carboxylic acids is 1. The summed E-state index contributed by atoms with van der Waals surface area (Å²) in [7, 11) is 1.37. The third-order valence-corrected chi connectivity index (χ3v) is 4.42. The maximum absolute atomic E-state index is 11.4. The van der Waals surface area contributed by atoms with Crippen LogP contribution in [0.1, 0.15) is 5.69 Å². The minimum absolute atomic E-state index is 0.196. The fraction of sp³-hybridized carbons (Fsp3) is 0.188. The number of halogens is 1. The minimum Gasteiger partial charge on any atom is -0.468 e. The second-order valence-corrected chi connectivity index (χ2v) is 6.34. The summed E-state index contributed by atoms with van der Waals surface area (Å²) in [6.07, 6.45) is 0. The first-order chi connectivity index (χ1) is 11.1. The van der Waals surface area contributed by atoms with Crippen LogP contribution in [-0.4, -0.2) is 33.8 Å². The van der Waals surface area contributed by atoms with E-state index in [4.69, 9.17) is 16.3 Å². The SMILES string of the molecule is COC(=O)CSc1nc(-c2cccc(Cl)c2)nc2[nH]c(C)cc12. The summed E-state index contributed by atoms with van der Waals surface area (Å²) in [4.78, 5) is 23.8. The Morgan fingerprint density at radius 1 is 1.35 bits per heavy atom. The van der Waals surface area contributed by atoms with Gasteiger partial charge in [-0.25, -0.2) is 9.97 Å². The minimum atomic E-state index is -0.293. The Hall–Kier alpha value is -2.05. The molecular weight excluding hydrogens is 334 g/mol. The molecule has 2 aromatic heterocycles. The molecule has 0 radical (unpaired) electrons. The fourth-order valence-electron chi connectivity index (χ4n) is 2.17. The Bertz CT molecular complexity index is 879. The lowest BCUT2D eigenvalue weighted by atomic mass is 10.2. The maximum Gasteiger partial charge on any atom is 0.316 e. The zero-order chi connectivity index (χ0) is 16.4. The van der Waals surface area contributed by atoms with Crippen molar-refractivity contribution in [1.29, 1.82) is 0 Å². The number of nitrogens with zero attached hydrogens (tertiary/aromatic N) is 2. The van der Waals surface area contributed by atoms with E-state index in [0.29, 0.717) is 10.8 Å². The molecule has 3 rings (SSSR count). The molecule has 118 valence electrons. The monoisotopic (exact) mass is 347 g/mol. The van der Waals surface area contributed by atoms with Gasteiger partial charge < -0.3 is 9.72 Å². The first-order valence-corrected chi connectivity index (χ1v) is 8.26. The number of aromatic amines is 1. The van der Waals surface area contributed by atoms with Gasteiger partial charge in [-0.3, -0.25) is 4.79 Å². The van der Waals surface area contributed by atoms with Gasteiger partial charge in [0.15, 0.2) is 5.82 Å². The van der Waals surface area contributed by atoms with Crippen molar-refractivity contribution < 1.29 is 9.53 Å². The fourth-order valence-corrected chi connectivity index (χ4v) is 3.19. The Labute approximate surface area is 142 Å². The van der Waals surface area contributed by atoms with E-state index in [1.807, 2.05) is 31.2 Å². The summed E-state index contributed by atoms with van der Waals surface area (Å²) in [5.74, 6) is 0.467. The van der Waals surface area contributed by atoms with Crippen LogP contribution < -0.4 is 0 Å². The van der Waals surface area contributed by atoms with E-state index in [1.165, 1.54) is 18.9 Å². The second-order valence-electron chi connectivity index (χ2n) is 4.94. The van der Waals surface area contributed by atoms with Gasteiger partial charge in [0.05, 0.1) is 18.2 Å². The van der Waals surface area contributed by atoms with Gasteiger partial charge in [-0.2, -0.15) is 0 Å². The van der Waals surface area contributed by atoms with Crippen molar-refractivity contribution in [3.63, 3.8) is 0 Å². The lowest BCUT2D eigenvalue weighted by molar-refractivity contribution is -0.137. The second kappa shape index (κ2) is 6.60. The number of rotatable bonds is 4. The van der Waals surface area contributed by atoms with Gasteiger partial charge in [-0.1, -0.05) is 35.5 Å². The molecule has 1 N–H and O–H groups in total. The maximum atomic E-state index is 11.4. The van der Waals surface area contributed by atoms with Gasteiger partial charge in [-0.05, 0) is 25.1 Å². The van der Waals surface area contributed by atoms with Crippen molar-refractivity contribution in [3.8, 4) is 11.4 Å². The Kier molecular flexibility index (Phi) is 4.54. The first kappa shape index (κ1) is 15.8. The van der Waals surface area contributed by atoms with E-state index in [2.05, 4.69) is 15.0 Å². The number of nitrogens with one attached hydrogen (secondary N) is 1. The van der Waals surface area contributed by atoms with Crippen LogP contribution in [0, 0.1) is 6.92 Å². The summed E-state index contributed by atoms with van der Waals surface area (Å²) in [5.41, 5.74) is 2.55. The molecule has 0 spiro atoms. The molecule has 5 nitrogen and oxygen atoms in total. The van der Waals surface area contributed by atoms with Gasteiger partial charge in [0.2, 0.25) is 0 Å². The summed E-state index contributed by atoms with van der Waals surface area (Å²) >= 11 is 7.38. The molecule has 2 heterocycles. The van der Waals surface area contributed by atoms with E-state index in [9.17, 15) is 4.79 Å². The highest BCUT2D eigenvalue weighted by Gasteiger charge is 2.14. The number of fused-ring (bicyclic) bond motifs is 1. The number of hydrogen-bond acceptors (Lipinski definition) is 5. The third-order valence-electron chi connectivity index (χ3n) is 3.22. The van der Waals surface area contributed by atoms with Crippen LogP contribution in [0.3, 0.4) is 0 Å². The van der Waals surface area contributed by atoms with Crippen LogP contribution in [0.5, 0.6) is 0 Å². The number of methoxy groups -OCH3 is 1. The van der Waals surface area contributed by atoms with Crippen LogP contribution in [0.25, 0.3) is 22.4 Å². The lowest BCUT2D eigenvalue weighted by Gasteiger charge is -2.06. The van der Waals surface area contributed by atoms with E-state index in [-0.39, 0.29) is 11.7 Å². The Balaban J connectivity index is 2.07. The van der Waals surface area contributed by atoms with Gasteiger partial charge in [0.25, 0.3) is 0 Å². The molecule has 0 aliphatic heterocycles. The number of hydrogen-bond donors (Lipinski definition) is 1. The highest BCUT2D eigenvalue weighted by Crippen LogP contribution is 2.29. The molecule has 23 heavy (non-hydrogen) atoms. The molecule has 0 unspecified atom stereocenters. The van der Waals surface area contributed by atoms with Crippen LogP contribution >= 0.6 is 23.4 Å². The molecule has 0 saturated heterocycles. The molecule has 0 aliphatic carbocycles. The van der Waals surface area contributed by atoms with Crippen molar-refractivity contribution in [3.05, 3.63) is 41.0 Å². The number of thioether (sulfide) groups is 1. The molecular formula is C16H14ClN3O2S. The van der Waals surface area contributed by atoms with Gasteiger partial charge in [0, 0.05) is 16.3 Å². The summed E-state index contributed by atoms with van der Waals surface area (Å²) < 4.78 is 4.69. The molecule has 7 heteroatoms. The average molecular weight is 348 g/mol. The summed E-state index contributed by atoms with van der Waals surface area (Å²) in [6.45, 7) is 1.95. The molecule has 0 saturated carbocycles. The molecule has 0 fully saturated rings. The highest BCUT2D eigenvalue weighted by atomic mass is 35.5. The molecule has 0 amide bonds. The predicted octanol–water partition coefficient (Wildman–Crippen LogP) is 3.85. The van der Waals surface area contributed by atoms with Gasteiger partial charge in [-0.15, -0.1) is 0 Å². The van der Waals surface area contributed by atoms with Gasteiger partial charge >= 0.3 is 5.97 Å². The van der Waals surface area contributed by atoms with E-state index < -0.39 is 0 Å². The number of benzene rings is 1. The predicted molar refractivity (Wildman–Crippen MR) is 91.8 cm³/mol. The zero-order valence-corrected chi connectivity index (χ0v) is 14.2. The van der Waals surface area contributed by atoms with Crippen molar-refractivity contribution in [2.75, 3.05) is 12.9 Å². The zero-order valence-electron chi connectivity index (χ0n) is 12.6. The smallest absolute Gasteiger partial charge is 0.316 e. The number of aryl methyl sites for hydroxylation is 1. The van der Waals surface area contributed by atoms with Crippen LogP contribution in [0.4, 0.5) is 0 Å². The van der Waals surface area contributed by atoms with Crippen LogP contribution in [0.2, 0.25) is 5.02 Å². The Morgan fingerprint density at radius 2 is 2.17 bits per heavy atom. The number of ether oxygens (including phenoxy) is 1. The standard InChI is InChI=1S/C16H14ClN3O2S/c1-9-6-12-15(18-9)19-14(10-4-3-5-11(17)7-10)20-16(12)23-8-13(21)22-2/h3-7H,8H2,1-2H3,(H,18,19,20). The largest absolute Gasteiger partial charge is 0.468 e. The summed E-state index contributed by atoms with van der Waals surface area (Å²) in [5, 5.41) is 2.25. The molecule has 0 aliphatic rings. The molecule has 0 bridgehead atoms. The first-order valence-electron chi connectivity index (χ1n) is 6.89. The van der Waals surface area contributed by atoms with Gasteiger partial charge in [0.1, 0.15) is 10.7 Å². The van der Waals surface area contributed by atoms with Crippen molar-refractivity contribution in [2.45, 2.75) is 11.9 Å². The number of esters is 1. The number of aromatic nitrogens is 3. The van der Waals surface area contributed by atoms with E-state index >= 15 is 0 Å². The number of carbonyl (C=O) groups is 1. The van der Waals surface area contributed by atoms with Crippen molar-refractivity contribution >= 4 is 40.4 Å². The normalized spacial score (nSPS) is 10.9. The Morgan fingerprint density at radius 3 is 2.91 bits per heavy atom. The van der Waals surface area contributed by atoms with Crippen LogP contribution in [0.15, 0.2) is 35.4 Å². The molecule has 0 atom stereocenters. The summed E-state index contributed by atoms with van der Waals surface area (Å²) in [6, 6.07) is 9.34. The lowest BCUT2D eigenvalue weighted by Crippen LogP contribution is -2.03. The average Bonchev–Trinajstić information content (AvgIpc) is 2.92. The quantitative estimate of drug-likeness (QED) is 0.441. The van der Waals surface area contributed by atoms with E-state index in [1.54, 1.807) is 6.07 Å². The highest BCUT2D eigenvalue weighted by molar-refractivity contribution is 8.00. The third kappa shape index (κ3) is 3.48. The topological polar surface area (TPSA) is 67.9 Å². The molecule has 3 aromatic rings. The van der Waals surface area contributed by atoms with Crippen molar-refractivity contribution in [1.82, 2.24) is 15.0 Å². The van der Waals surface area contributed by atoms with Crippen LogP contribution in [-0.2, 0) is 9.53 Å². The molecule has 1 aromatic carbocycles. The van der Waals surface area contributed by atoms with Crippen molar-refractivity contribution in [2.24, 2.45) is 0 Å². The number of H-pyrrole nitrogens is 1.